The number of aromatic nitrogens is 1. The Morgan fingerprint density at radius 3 is 2.47 bits per heavy atom. The van der Waals surface area contributed by atoms with Crippen LogP contribution >= 0.6 is 0 Å². The number of fused-ring (bicyclic) bond motifs is 1. The number of methoxy groups -OCH3 is 1. The largest absolute Gasteiger partial charge is 0.497 e. The monoisotopic (exact) mass is 662 g/mol. The molecule has 12 nitrogen and oxygen atoms in total. The van der Waals surface area contributed by atoms with Gasteiger partial charge in [-0.05, 0) is 50.2 Å². The molecule has 248 valence electrons. The van der Waals surface area contributed by atoms with Gasteiger partial charge in [-0.15, -0.1) is 0 Å². The lowest BCUT2D eigenvalue weighted by Crippen LogP contribution is -2.57. The summed E-state index contributed by atoms with van der Waals surface area (Å²) < 4.78 is 39.3. The number of nitrogens with one attached hydrogen (secondary N) is 2. The van der Waals surface area contributed by atoms with Crippen LogP contribution in [0, 0.1) is 5.92 Å². The number of sulfonamides is 1. The van der Waals surface area contributed by atoms with Crippen LogP contribution in [0.5, 0.6) is 11.5 Å². The first-order chi connectivity index (χ1) is 22.5. The molecule has 1 aromatic heterocycles. The zero-order valence-electron chi connectivity index (χ0n) is 26.3. The van der Waals surface area contributed by atoms with Gasteiger partial charge in [-0.25, -0.2) is 13.4 Å². The average Bonchev–Trinajstić information content (AvgIpc) is 3.99. The Kier molecular flexibility index (Phi) is 7.66. The molecule has 0 radical (unpaired) electrons. The molecule has 7 rings (SSSR count). The molecule has 3 N–H and O–H groups in total. The number of likely N-dealkylation sites (tertiary alicyclic amines) is 1. The van der Waals surface area contributed by atoms with Crippen LogP contribution in [-0.2, 0) is 24.4 Å². The first-order valence-corrected chi connectivity index (χ1v) is 17.6. The summed E-state index contributed by atoms with van der Waals surface area (Å²) in [6.07, 6.45) is 1.90. The molecule has 2 heterocycles. The summed E-state index contributed by atoms with van der Waals surface area (Å²) in [5.74, 6) is -1.01. The van der Waals surface area contributed by atoms with E-state index < -0.39 is 56.3 Å². The van der Waals surface area contributed by atoms with E-state index >= 15 is 0 Å². The predicted octanol–water partition coefficient (Wildman–Crippen LogP) is 2.68. The fourth-order valence-corrected chi connectivity index (χ4v) is 7.95. The molecular weight excluding hydrogens is 624 g/mol. The van der Waals surface area contributed by atoms with E-state index in [0.717, 1.165) is 5.56 Å². The van der Waals surface area contributed by atoms with Crippen molar-refractivity contribution in [3.8, 4) is 22.8 Å². The van der Waals surface area contributed by atoms with Gasteiger partial charge in [-0.2, -0.15) is 0 Å². The van der Waals surface area contributed by atoms with Gasteiger partial charge in [-0.3, -0.25) is 19.1 Å². The Labute approximate surface area is 272 Å². The van der Waals surface area contributed by atoms with Crippen LogP contribution in [0.15, 0.2) is 54.6 Å². The normalized spacial score (nSPS) is 26.0. The fraction of sp³-hybridized carbons (Fsp3) is 0.471. The number of benzene rings is 2. The third kappa shape index (κ3) is 5.91. The topological polar surface area (TPSA) is 164 Å². The Morgan fingerprint density at radius 2 is 1.83 bits per heavy atom. The van der Waals surface area contributed by atoms with E-state index in [-0.39, 0.29) is 18.9 Å². The minimum Gasteiger partial charge on any atom is -0.497 e. The molecule has 1 saturated heterocycles. The zero-order chi connectivity index (χ0) is 33.1. The molecule has 1 aliphatic heterocycles. The third-order valence-corrected chi connectivity index (χ3v) is 11.7. The highest BCUT2D eigenvalue weighted by Gasteiger charge is 2.62. The minimum atomic E-state index is -3.82. The zero-order valence-corrected chi connectivity index (χ0v) is 27.1. The number of ether oxygens (including phenoxy) is 2. The molecule has 4 fully saturated rings. The smallest absolute Gasteiger partial charge is 0.259 e. The maximum absolute atomic E-state index is 14.0. The first kappa shape index (κ1) is 31.4. The van der Waals surface area contributed by atoms with E-state index in [1.807, 2.05) is 55.5 Å². The van der Waals surface area contributed by atoms with Crippen molar-refractivity contribution in [3.05, 3.63) is 54.6 Å². The van der Waals surface area contributed by atoms with Gasteiger partial charge in [-0.1, -0.05) is 43.7 Å². The molecule has 3 aromatic rings. The quantitative estimate of drug-likeness (QED) is 0.280. The molecule has 2 aromatic carbocycles. The number of aliphatic hydroxyl groups is 1. The van der Waals surface area contributed by atoms with E-state index in [1.54, 1.807) is 13.2 Å². The molecular formula is C34H38N4O8S. The number of hydrogen-bond donors (Lipinski definition) is 3. The first-order valence-electron chi connectivity index (χ1n) is 16.1. The number of hydrogen-bond acceptors (Lipinski definition) is 9. The summed E-state index contributed by atoms with van der Waals surface area (Å²) in [7, 11) is -2.25. The van der Waals surface area contributed by atoms with Crippen LogP contribution < -0.4 is 19.5 Å². The molecule has 3 aliphatic carbocycles. The molecule has 0 bridgehead atoms. The molecule has 13 heteroatoms. The predicted molar refractivity (Wildman–Crippen MR) is 172 cm³/mol. The molecule has 4 aliphatic rings. The van der Waals surface area contributed by atoms with Crippen LogP contribution in [0.1, 0.15) is 51.9 Å². The number of carbonyl (C=O) groups is 3. The number of rotatable bonds is 11. The summed E-state index contributed by atoms with van der Waals surface area (Å²) in [5, 5.41) is 13.7. The Hall–Kier alpha value is -4.23. The van der Waals surface area contributed by atoms with Crippen molar-refractivity contribution < 1.29 is 37.4 Å². The van der Waals surface area contributed by atoms with Crippen molar-refractivity contribution in [2.75, 3.05) is 13.7 Å². The SMILES string of the molecule is CCC1C[C@]1(NC(=O)[C@@H]1C[C@@H](Oc2cc(-c3ccccc3)nc3cc(OC)ccc23)CN1C(=O)C1(O)CC1)C(=O)NS(=O)(=O)C1CC1. The van der Waals surface area contributed by atoms with E-state index in [0.29, 0.717) is 66.6 Å². The van der Waals surface area contributed by atoms with Crippen LogP contribution in [0.3, 0.4) is 0 Å². The fourth-order valence-electron chi connectivity index (χ4n) is 6.59. The second-order valence-electron chi connectivity index (χ2n) is 13.2. The lowest BCUT2D eigenvalue weighted by Gasteiger charge is -2.28. The van der Waals surface area contributed by atoms with E-state index in [1.165, 1.54) is 4.90 Å². The highest BCUT2D eigenvalue weighted by molar-refractivity contribution is 7.91. The Morgan fingerprint density at radius 1 is 1.09 bits per heavy atom. The van der Waals surface area contributed by atoms with Crippen molar-refractivity contribution in [2.24, 2.45) is 5.92 Å². The van der Waals surface area contributed by atoms with Gasteiger partial charge in [0.25, 0.3) is 11.8 Å². The molecule has 3 saturated carbocycles. The van der Waals surface area contributed by atoms with Crippen molar-refractivity contribution in [1.29, 1.82) is 0 Å². The number of nitrogens with zero attached hydrogens (tertiary/aromatic N) is 2. The van der Waals surface area contributed by atoms with E-state index in [9.17, 15) is 27.9 Å². The average molecular weight is 663 g/mol. The maximum atomic E-state index is 14.0. The van der Waals surface area contributed by atoms with Crippen molar-refractivity contribution in [1.82, 2.24) is 19.9 Å². The van der Waals surface area contributed by atoms with E-state index in [4.69, 9.17) is 14.5 Å². The van der Waals surface area contributed by atoms with Crippen LogP contribution in [0.25, 0.3) is 22.2 Å². The van der Waals surface area contributed by atoms with Crippen LogP contribution in [0.4, 0.5) is 0 Å². The third-order valence-electron chi connectivity index (χ3n) is 9.84. The van der Waals surface area contributed by atoms with Gasteiger partial charge < -0.3 is 24.8 Å². The lowest BCUT2D eigenvalue weighted by atomic mass is 10.1. The highest BCUT2D eigenvalue weighted by Crippen LogP contribution is 2.47. The highest BCUT2D eigenvalue weighted by atomic mass is 32.2. The van der Waals surface area contributed by atoms with Gasteiger partial charge in [0.2, 0.25) is 15.9 Å². The summed E-state index contributed by atoms with van der Waals surface area (Å²) in [6, 6.07) is 15.9. The second kappa shape index (κ2) is 11.5. The second-order valence-corrected chi connectivity index (χ2v) is 15.1. The van der Waals surface area contributed by atoms with Crippen molar-refractivity contribution in [3.63, 3.8) is 0 Å². The minimum absolute atomic E-state index is 0.0341. The number of amides is 3. The van der Waals surface area contributed by atoms with Gasteiger partial charge in [0.15, 0.2) is 0 Å². The summed E-state index contributed by atoms with van der Waals surface area (Å²) in [6.45, 7) is 1.91. The van der Waals surface area contributed by atoms with Crippen molar-refractivity contribution >= 4 is 38.6 Å². The van der Waals surface area contributed by atoms with Gasteiger partial charge >= 0.3 is 0 Å². The number of carbonyl (C=O) groups excluding carboxylic acids is 3. The number of pyridine rings is 1. The van der Waals surface area contributed by atoms with Crippen molar-refractivity contribution in [2.45, 2.75) is 80.4 Å². The Bertz CT molecular complexity index is 1860. The van der Waals surface area contributed by atoms with Gasteiger partial charge in [0.05, 0.1) is 30.1 Å². The molecule has 1 unspecified atom stereocenters. The molecule has 3 amide bonds. The molecule has 4 atom stereocenters. The Balaban J connectivity index is 1.17. The summed E-state index contributed by atoms with van der Waals surface area (Å²) in [5.41, 5.74) is -0.736. The van der Waals surface area contributed by atoms with Crippen LogP contribution in [0.2, 0.25) is 0 Å². The molecule has 0 spiro atoms. The summed E-state index contributed by atoms with van der Waals surface area (Å²) in [4.78, 5) is 47.0. The standard InChI is InChI=1S/C34H38N4O8S/c1-3-21-18-34(21,31(40)37-47(43,44)24-10-11-24)36-30(39)28-16-23(19-38(28)32(41)33(42)13-14-33)46-29-17-26(20-7-5-4-6-8-20)35-27-15-22(45-2)9-12-25(27)29/h4-9,12,15,17,21,23-24,28,42H,3,10-11,13-14,16,18-19H2,1-2H3,(H,36,39)(H,37,40)/t21?,23-,28+,34-/m1/s1. The lowest BCUT2D eigenvalue weighted by molar-refractivity contribution is -0.147. The molecule has 47 heavy (non-hydrogen) atoms. The van der Waals surface area contributed by atoms with Gasteiger partial charge in [0.1, 0.15) is 34.8 Å². The maximum Gasteiger partial charge on any atom is 0.259 e. The summed E-state index contributed by atoms with van der Waals surface area (Å²) >= 11 is 0. The van der Waals surface area contributed by atoms with Crippen LogP contribution in [-0.4, -0.2) is 83.3 Å². The van der Waals surface area contributed by atoms with Gasteiger partial charge in [0, 0.05) is 29.5 Å². The van der Waals surface area contributed by atoms with E-state index in [2.05, 4.69) is 10.0 Å².